The molecule has 0 saturated carbocycles. The quantitative estimate of drug-likeness (QED) is 0.684. The molecule has 0 bridgehead atoms. The minimum atomic E-state index is -0.102. The second-order valence-corrected chi connectivity index (χ2v) is 4.19. The third-order valence-electron chi connectivity index (χ3n) is 2.97. The van der Waals surface area contributed by atoms with Gasteiger partial charge in [-0.25, -0.2) is 0 Å². The zero-order chi connectivity index (χ0) is 9.10. The average molecular weight is 185 g/mol. The average Bonchev–Trinajstić information content (AvgIpc) is 2.57. The molecule has 13 heavy (non-hydrogen) atoms. The van der Waals surface area contributed by atoms with Gasteiger partial charge in [0.25, 0.3) is 0 Å². The number of nitrogens with zero attached hydrogens (tertiary/aromatic N) is 1. The molecule has 0 aliphatic carbocycles. The van der Waals surface area contributed by atoms with Crippen LogP contribution in [0.5, 0.6) is 0 Å². The van der Waals surface area contributed by atoms with Gasteiger partial charge in [-0.3, -0.25) is 4.90 Å². The predicted molar refractivity (Wildman–Crippen MR) is 50.7 cm³/mol. The number of piperidine rings is 1. The molecule has 0 aromatic carbocycles. The first kappa shape index (κ1) is 9.44. The summed E-state index contributed by atoms with van der Waals surface area (Å²) in [7, 11) is 0. The Bertz CT molecular complexity index is 157. The molecule has 0 aromatic rings. The first-order chi connectivity index (χ1) is 6.34. The monoisotopic (exact) mass is 185 g/mol. The van der Waals surface area contributed by atoms with E-state index in [0.29, 0.717) is 6.10 Å². The number of likely N-dealkylation sites (tertiary alicyclic amines) is 1. The number of β-amino-alcohol motifs (C(OH)–C–C–N with tert-alkyl or cyclic N) is 1. The van der Waals surface area contributed by atoms with Gasteiger partial charge in [-0.15, -0.1) is 0 Å². The van der Waals surface area contributed by atoms with Gasteiger partial charge >= 0.3 is 0 Å². The highest BCUT2D eigenvalue weighted by Gasteiger charge is 2.23. The third-order valence-corrected chi connectivity index (χ3v) is 2.97. The first-order valence-electron chi connectivity index (χ1n) is 5.36. The molecule has 2 heterocycles. The lowest BCUT2D eigenvalue weighted by atomic mass is 10.1. The van der Waals surface area contributed by atoms with E-state index in [9.17, 15) is 5.11 Å². The molecule has 0 aromatic heterocycles. The molecule has 0 radical (unpaired) electrons. The Morgan fingerprint density at radius 2 is 2.23 bits per heavy atom. The molecule has 3 nitrogen and oxygen atoms in total. The van der Waals surface area contributed by atoms with Crippen LogP contribution in [0.15, 0.2) is 0 Å². The second-order valence-electron chi connectivity index (χ2n) is 4.19. The summed E-state index contributed by atoms with van der Waals surface area (Å²) >= 11 is 0. The second kappa shape index (κ2) is 4.40. The van der Waals surface area contributed by atoms with Crippen LogP contribution in [-0.2, 0) is 4.74 Å². The minimum absolute atomic E-state index is 0.102. The number of hydrogen-bond donors (Lipinski definition) is 1. The Kier molecular flexibility index (Phi) is 3.19. The molecule has 2 aliphatic rings. The highest BCUT2D eigenvalue weighted by molar-refractivity contribution is 4.76. The van der Waals surface area contributed by atoms with E-state index in [-0.39, 0.29) is 6.10 Å². The summed E-state index contributed by atoms with van der Waals surface area (Å²) in [5.41, 5.74) is 0. The van der Waals surface area contributed by atoms with Crippen molar-refractivity contribution in [3.05, 3.63) is 0 Å². The molecular weight excluding hydrogens is 166 g/mol. The lowest BCUT2D eigenvalue weighted by Gasteiger charge is -2.31. The van der Waals surface area contributed by atoms with Gasteiger partial charge in [0, 0.05) is 19.7 Å². The molecule has 0 amide bonds. The fourth-order valence-corrected chi connectivity index (χ4v) is 2.27. The summed E-state index contributed by atoms with van der Waals surface area (Å²) in [6.07, 6.45) is 4.85. The Morgan fingerprint density at radius 1 is 1.31 bits per heavy atom. The van der Waals surface area contributed by atoms with Crippen LogP contribution in [0.3, 0.4) is 0 Å². The Labute approximate surface area is 79.7 Å². The zero-order valence-corrected chi connectivity index (χ0v) is 8.11. The maximum Gasteiger partial charge on any atom is 0.0702 e. The molecule has 0 unspecified atom stereocenters. The van der Waals surface area contributed by atoms with E-state index in [2.05, 4.69) is 4.90 Å². The molecule has 2 rings (SSSR count). The zero-order valence-electron chi connectivity index (χ0n) is 8.11. The summed E-state index contributed by atoms with van der Waals surface area (Å²) in [6.45, 7) is 3.94. The summed E-state index contributed by atoms with van der Waals surface area (Å²) in [4.78, 5) is 2.34. The van der Waals surface area contributed by atoms with Crippen LogP contribution in [0.4, 0.5) is 0 Å². The lowest BCUT2D eigenvalue weighted by Crippen LogP contribution is -2.42. The fraction of sp³-hybridized carbons (Fsp3) is 1.00. The van der Waals surface area contributed by atoms with Crippen LogP contribution in [0.2, 0.25) is 0 Å². The number of ether oxygens (including phenoxy) is 1. The molecule has 2 atom stereocenters. The van der Waals surface area contributed by atoms with Gasteiger partial charge in [-0.05, 0) is 32.2 Å². The van der Waals surface area contributed by atoms with Crippen molar-refractivity contribution in [2.75, 3.05) is 26.2 Å². The lowest BCUT2D eigenvalue weighted by molar-refractivity contribution is 0.0276. The van der Waals surface area contributed by atoms with Crippen LogP contribution in [0.1, 0.15) is 25.7 Å². The van der Waals surface area contributed by atoms with Crippen molar-refractivity contribution in [2.24, 2.45) is 0 Å². The van der Waals surface area contributed by atoms with Crippen LogP contribution < -0.4 is 0 Å². The number of aliphatic hydroxyl groups excluding tert-OH is 1. The molecule has 1 N–H and O–H groups in total. The maximum absolute atomic E-state index is 9.47. The number of rotatable bonds is 2. The van der Waals surface area contributed by atoms with Crippen molar-refractivity contribution in [1.82, 2.24) is 4.90 Å². The van der Waals surface area contributed by atoms with Gasteiger partial charge in [-0.2, -0.15) is 0 Å². The standard InChI is InChI=1S/C10H19NO2/c12-9-3-1-5-11(7-9)8-10-4-2-6-13-10/h9-10,12H,1-8H2/t9-,10+/m0/s1. The van der Waals surface area contributed by atoms with Crippen molar-refractivity contribution in [1.29, 1.82) is 0 Å². The topological polar surface area (TPSA) is 32.7 Å². The van der Waals surface area contributed by atoms with E-state index in [1.807, 2.05) is 0 Å². The molecule has 2 saturated heterocycles. The van der Waals surface area contributed by atoms with Crippen molar-refractivity contribution >= 4 is 0 Å². The Hall–Kier alpha value is -0.120. The van der Waals surface area contributed by atoms with Gasteiger partial charge in [-0.1, -0.05) is 0 Å². The van der Waals surface area contributed by atoms with E-state index in [1.54, 1.807) is 0 Å². The largest absolute Gasteiger partial charge is 0.392 e. The SMILES string of the molecule is O[C@H]1CCCN(C[C@H]2CCCO2)C1. The first-order valence-corrected chi connectivity index (χ1v) is 5.36. The summed E-state index contributed by atoms with van der Waals surface area (Å²) in [5.74, 6) is 0. The van der Waals surface area contributed by atoms with E-state index in [1.165, 1.54) is 12.8 Å². The van der Waals surface area contributed by atoms with Gasteiger partial charge in [0.05, 0.1) is 12.2 Å². The van der Waals surface area contributed by atoms with Gasteiger partial charge in [0.2, 0.25) is 0 Å². The highest BCUT2D eigenvalue weighted by atomic mass is 16.5. The molecule has 3 heteroatoms. The van der Waals surface area contributed by atoms with E-state index in [0.717, 1.165) is 39.1 Å². The Balaban J connectivity index is 1.73. The predicted octanol–water partition coefficient (Wildman–Crippen LogP) is 0.622. The smallest absolute Gasteiger partial charge is 0.0702 e. The maximum atomic E-state index is 9.47. The summed E-state index contributed by atoms with van der Waals surface area (Å²) in [5, 5.41) is 9.47. The molecule has 0 spiro atoms. The fourth-order valence-electron chi connectivity index (χ4n) is 2.27. The van der Waals surface area contributed by atoms with Crippen LogP contribution >= 0.6 is 0 Å². The van der Waals surface area contributed by atoms with Crippen molar-refractivity contribution in [3.63, 3.8) is 0 Å². The molecule has 2 aliphatic heterocycles. The van der Waals surface area contributed by atoms with Crippen molar-refractivity contribution < 1.29 is 9.84 Å². The summed E-state index contributed by atoms with van der Waals surface area (Å²) < 4.78 is 5.57. The van der Waals surface area contributed by atoms with Gasteiger partial charge < -0.3 is 9.84 Å². The van der Waals surface area contributed by atoms with Crippen LogP contribution in [0, 0.1) is 0 Å². The van der Waals surface area contributed by atoms with E-state index >= 15 is 0 Å². The number of aliphatic hydroxyl groups is 1. The molecule has 76 valence electrons. The summed E-state index contributed by atoms with van der Waals surface area (Å²) in [6, 6.07) is 0. The normalized spacial score (nSPS) is 36.7. The van der Waals surface area contributed by atoms with Crippen molar-refractivity contribution in [2.45, 2.75) is 37.9 Å². The van der Waals surface area contributed by atoms with Crippen LogP contribution in [-0.4, -0.2) is 48.5 Å². The van der Waals surface area contributed by atoms with Gasteiger partial charge in [0.15, 0.2) is 0 Å². The van der Waals surface area contributed by atoms with Gasteiger partial charge in [0.1, 0.15) is 0 Å². The minimum Gasteiger partial charge on any atom is -0.392 e. The van der Waals surface area contributed by atoms with Crippen LogP contribution in [0.25, 0.3) is 0 Å². The highest BCUT2D eigenvalue weighted by Crippen LogP contribution is 2.16. The van der Waals surface area contributed by atoms with Crippen molar-refractivity contribution in [3.8, 4) is 0 Å². The number of hydrogen-bond acceptors (Lipinski definition) is 3. The van der Waals surface area contributed by atoms with E-state index < -0.39 is 0 Å². The Morgan fingerprint density at radius 3 is 2.92 bits per heavy atom. The molecule has 2 fully saturated rings. The van der Waals surface area contributed by atoms with E-state index in [4.69, 9.17) is 4.74 Å². The third kappa shape index (κ3) is 2.66. The molecular formula is C10H19NO2.